The second-order valence-corrected chi connectivity index (χ2v) is 2.06. The number of halogens is 1. The molecule has 0 saturated carbocycles. The van der Waals surface area contributed by atoms with Crippen LogP contribution in [0.1, 0.15) is 0 Å². The summed E-state index contributed by atoms with van der Waals surface area (Å²) in [6, 6.07) is 0. The molecule has 0 amide bonds. The average molecular weight is 138 g/mol. The van der Waals surface area contributed by atoms with Gasteiger partial charge in [0.1, 0.15) is 6.73 Å². The lowest BCUT2D eigenvalue weighted by atomic mass is 10.3. The maximum atomic E-state index is 9.08. The van der Waals surface area contributed by atoms with E-state index in [0.717, 1.165) is 0 Å². The van der Waals surface area contributed by atoms with E-state index in [1.54, 1.807) is 0 Å². The standard InChI is InChI=1S/C4H8ClNO2/c5-1-4(7)2-6-3-8-4/h6-7H,1-3H2. The molecule has 2 N–H and O–H groups in total. The van der Waals surface area contributed by atoms with Crippen LogP contribution in [-0.4, -0.2) is 30.0 Å². The molecule has 0 aromatic carbocycles. The quantitative estimate of drug-likeness (QED) is 0.479. The van der Waals surface area contributed by atoms with Crippen molar-refractivity contribution in [1.29, 1.82) is 0 Å². The minimum Gasteiger partial charge on any atom is -0.363 e. The fraction of sp³-hybridized carbons (Fsp3) is 1.00. The van der Waals surface area contributed by atoms with Crippen molar-refractivity contribution in [3.05, 3.63) is 0 Å². The highest BCUT2D eigenvalue weighted by molar-refractivity contribution is 6.18. The molecule has 1 aliphatic heterocycles. The smallest absolute Gasteiger partial charge is 0.193 e. The van der Waals surface area contributed by atoms with Gasteiger partial charge in [-0.15, -0.1) is 11.6 Å². The Bertz CT molecular complexity index is 82.1. The van der Waals surface area contributed by atoms with Crippen molar-refractivity contribution in [3.63, 3.8) is 0 Å². The topological polar surface area (TPSA) is 41.5 Å². The predicted molar refractivity (Wildman–Crippen MR) is 29.6 cm³/mol. The Kier molecular flexibility index (Phi) is 1.72. The van der Waals surface area contributed by atoms with E-state index in [1.165, 1.54) is 0 Å². The van der Waals surface area contributed by atoms with E-state index in [2.05, 4.69) is 5.32 Å². The summed E-state index contributed by atoms with van der Waals surface area (Å²) in [5, 5.41) is 11.9. The lowest BCUT2D eigenvalue weighted by Gasteiger charge is -2.15. The third-order valence-corrected chi connectivity index (χ3v) is 1.47. The SMILES string of the molecule is OC1(CCl)CNCO1. The van der Waals surface area contributed by atoms with E-state index in [9.17, 15) is 0 Å². The molecule has 0 aliphatic carbocycles. The fourth-order valence-electron chi connectivity index (χ4n) is 0.569. The Balaban J connectivity index is 2.40. The minimum absolute atomic E-state index is 0.125. The van der Waals surface area contributed by atoms with Crippen LogP contribution in [0.25, 0.3) is 0 Å². The second kappa shape index (κ2) is 2.19. The molecule has 8 heavy (non-hydrogen) atoms. The highest BCUT2D eigenvalue weighted by Crippen LogP contribution is 2.11. The van der Waals surface area contributed by atoms with Crippen LogP contribution in [-0.2, 0) is 4.74 Å². The van der Waals surface area contributed by atoms with E-state index in [1.807, 2.05) is 0 Å². The van der Waals surface area contributed by atoms with Gasteiger partial charge in [-0.05, 0) is 0 Å². The molecule has 1 rings (SSSR count). The predicted octanol–water partition coefficient (Wildman–Crippen LogP) is -0.509. The molecule has 0 aromatic rings. The van der Waals surface area contributed by atoms with Gasteiger partial charge in [0, 0.05) is 0 Å². The number of β-amino-alcohol motifs (C(OH)–C–C–N with tert-alkyl or cyclic N) is 1. The molecule has 1 heterocycles. The molecule has 0 aromatic heterocycles. The lowest BCUT2D eigenvalue weighted by Crippen LogP contribution is -2.34. The van der Waals surface area contributed by atoms with Gasteiger partial charge in [-0.2, -0.15) is 0 Å². The first-order chi connectivity index (χ1) is 3.77. The van der Waals surface area contributed by atoms with Crippen LogP contribution in [0, 0.1) is 0 Å². The first-order valence-electron chi connectivity index (χ1n) is 2.40. The molecule has 0 bridgehead atoms. The summed E-state index contributed by atoms with van der Waals surface area (Å²) in [6.07, 6.45) is 0. The maximum Gasteiger partial charge on any atom is 0.193 e. The molecule has 0 radical (unpaired) electrons. The zero-order chi connectivity index (χ0) is 6.04. The Morgan fingerprint density at radius 2 is 2.62 bits per heavy atom. The molecule has 1 atom stereocenters. The average Bonchev–Trinajstić information content (AvgIpc) is 2.17. The summed E-state index contributed by atoms with van der Waals surface area (Å²) in [4.78, 5) is 0. The normalized spacial score (nSPS) is 38.2. The van der Waals surface area contributed by atoms with Gasteiger partial charge < -0.3 is 9.84 Å². The van der Waals surface area contributed by atoms with Gasteiger partial charge in [0.2, 0.25) is 0 Å². The third-order valence-electron chi connectivity index (χ3n) is 1.05. The van der Waals surface area contributed by atoms with Gasteiger partial charge in [-0.1, -0.05) is 0 Å². The summed E-state index contributed by atoms with van der Waals surface area (Å²) in [5.74, 6) is -0.985. The molecule has 3 nitrogen and oxygen atoms in total. The van der Waals surface area contributed by atoms with Crippen LogP contribution >= 0.6 is 11.6 Å². The second-order valence-electron chi connectivity index (χ2n) is 1.80. The van der Waals surface area contributed by atoms with Crippen molar-refractivity contribution >= 4 is 11.6 Å². The van der Waals surface area contributed by atoms with E-state index in [4.69, 9.17) is 21.4 Å². The fourth-order valence-corrected chi connectivity index (χ4v) is 0.740. The van der Waals surface area contributed by atoms with Crippen molar-refractivity contribution < 1.29 is 9.84 Å². The Morgan fingerprint density at radius 1 is 1.88 bits per heavy atom. The molecule has 1 unspecified atom stereocenters. The van der Waals surface area contributed by atoms with Crippen molar-refractivity contribution in [2.24, 2.45) is 0 Å². The summed E-state index contributed by atoms with van der Waals surface area (Å²) in [5.41, 5.74) is 0. The maximum absolute atomic E-state index is 9.08. The van der Waals surface area contributed by atoms with E-state index < -0.39 is 5.79 Å². The zero-order valence-electron chi connectivity index (χ0n) is 4.35. The van der Waals surface area contributed by atoms with Crippen LogP contribution in [0.3, 0.4) is 0 Å². The van der Waals surface area contributed by atoms with Crippen LogP contribution in [0.4, 0.5) is 0 Å². The van der Waals surface area contributed by atoms with Gasteiger partial charge in [-0.25, -0.2) is 0 Å². The minimum atomic E-state index is -1.11. The number of nitrogens with one attached hydrogen (secondary N) is 1. The van der Waals surface area contributed by atoms with Crippen molar-refractivity contribution in [1.82, 2.24) is 5.32 Å². The first kappa shape index (κ1) is 6.29. The van der Waals surface area contributed by atoms with E-state index in [0.29, 0.717) is 13.3 Å². The number of hydrogen-bond donors (Lipinski definition) is 2. The molecular formula is C4H8ClNO2. The van der Waals surface area contributed by atoms with Gasteiger partial charge in [0.15, 0.2) is 5.79 Å². The van der Waals surface area contributed by atoms with Gasteiger partial charge in [-0.3, -0.25) is 5.32 Å². The monoisotopic (exact) mass is 137 g/mol. The molecule has 1 fully saturated rings. The Labute approximate surface area is 52.6 Å². The Morgan fingerprint density at radius 3 is 2.88 bits per heavy atom. The zero-order valence-corrected chi connectivity index (χ0v) is 5.11. The molecule has 1 aliphatic rings. The van der Waals surface area contributed by atoms with Gasteiger partial charge in [0.05, 0.1) is 12.4 Å². The van der Waals surface area contributed by atoms with Crippen molar-refractivity contribution in [2.45, 2.75) is 5.79 Å². The van der Waals surface area contributed by atoms with E-state index in [-0.39, 0.29) is 5.88 Å². The van der Waals surface area contributed by atoms with Crippen LogP contribution in [0.15, 0.2) is 0 Å². The number of ether oxygens (including phenoxy) is 1. The van der Waals surface area contributed by atoms with Crippen molar-refractivity contribution in [3.8, 4) is 0 Å². The summed E-state index contributed by atoms with van der Waals surface area (Å²) >= 11 is 5.33. The summed E-state index contributed by atoms with van der Waals surface area (Å²) in [6.45, 7) is 0.819. The third kappa shape index (κ3) is 1.11. The van der Waals surface area contributed by atoms with Crippen LogP contribution in [0.2, 0.25) is 0 Å². The number of hydrogen-bond acceptors (Lipinski definition) is 3. The Hall–Kier alpha value is 0.170. The molecule has 0 spiro atoms. The van der Waals surface area contributed by atoms with Crippen LogP contribution in [0.5, 0.6) is 0 Å². The van der Waals surface area contributed by atoms with E-state index >= 15 is 0 Å². The highest BCUT2D eigenvalue weighted by atomic mass is 35.5. The van der Waals surface area contributed by atoms with Crippen LogP contribution < -0.4 is 5.32 Å². The highest BCUT2D eigenvalue weighted by Gasteiger charge is 2.30. The first-order valence-corrected chi connectivity index (χ1v) is 2.93. The summed E-state index contributed by atoms with van der Waals surface area (Å²) in [7, 11) is 0. The van der Waals surface area contributed by atoms with Gasteiger partial charge in [0.25, 0.3) is 0 Å². The molecule has 4 heteroatoms. The largest absolute Gasteiger partial charge is 0.363 e. The molecular weight excluding hydrogens is 130 g/mol. The number of aliphatic hydroxyl groups is 1. The van der Waals surface area contributed by atoms with Crippen molar-refractivity contribution in [2.75, 3.05) is 19.2 Å². The molecule has 48 valence electrons. The number of alkyl halides is 1. The lowest BCUT2D eigenvalue weighted by molar-refractivity contribution is -0.143. The number of rotatable bonds is 1. The summed E-state index contributed by atoms with van der Waals surface area (Å²) < 4.78 is 4.80. The molecule has 1 saturated heterocycles. The van der Waals surface area contributed by atoms with Gasteiger partial charge >= 0.3 is 0 Å².